The minimum atomic E-state index is -5.08. The largest absolute Gasteiger partial charge is 0.490 e. The summed E-state index contributed by atoms with van der Waals surface area (Å²) in [5.74, 6) is -3.48. The van der Waals surface area contributed by atoms with Crippen molar-refractivity contribution in [2.45, 2.75) is 57.0 Å². The molecule has 0 bridgehead atoms. The molecule has 36 heavy (non-hydrogen) atoms. The lowest BCUT2D eigenvalue weighted by molar-refractivity contribution is -0.192. The van der Waals surface area contributed by atoms with Crippen LogP contribution in [0.1, 0.15) is 53.6 Å². The quantitative estimate of drug-likeness (QED) is 0.509. The number of hydrogen-bond acceptors (Lipinski definition) is 6. The van der Waals surface area contributed by atoms with Crippen LogP contribution in [0.3, 0.4) is 0 Å². The number of anilines is 2. The number of rotatable bonds is 5. The van der Waals surface area contributed by atoms with Crippen LogP contribution in [0.5, 0.6) is 0 Å². The van der Waals surface area contributed by atoms with Gasteiger partial charge < -0.3 is 15.1 Å². The van der Waals surface area contributed by atoms with E-state index in [-0.39, 0.29) is 16.1 Å². The van der Waals surface area contributed by atoms with E-state index in [0.717, 1.165) is 49.9 Å². The molecule has 0 saturated carbocycles. The summed E-state index contributed by atoms with van der Waals surface area (Å²) in [5, 5.41) is 16.8. The van der Waals surface area contributed by atoms with Crippen LogP contribution in [0, 0.1) is 13.8 Å². The predicted molar refractivity (Wildman–Crippen MR) is 127 cm³/mol. The van der Waals surface area contributed by atoms with Crippen LogP contribution >= 0.6 is 0 Å². The zero-order chi connectivity index (χ0) is 27.1. The van der Waals surface area contributed by atoms with Crippen molar-refractivity contribution in [3.8, 4) is 0 Å². The molecule has 2 aromatic rings. The fourth-order valence-corrected chi connectivity index (χ4v) is 4.60. The zero-order valence-corrected chi connectivity index (χ0v) is 20.6. The Morgan fingerprint density at radius 3 is 2.03 bits per heavy atom. The summed E-state index contributed by atoms with van der Waals surface area (Å²) in [6.45, 7) is 5.25. The first kappa shape index (κ1) is 28.9. The molecule has 0 unspecified atom stereocenters. The summed E-state index contributed by atoms with van der Waals surface area (Å²) < 4.78 is 59.6. The molecule has 1 aromatic carbocycles. The molecule has 1 saturated heterocycles. The third-order valence-electron chi connectivity index (χ3n) is 5.54. The van der Waals surface area contributed by atoms with Gasteiger partial charge in [0.05, 0.1) is 16.8 Å². The molecule has 0 spiro atoms. The van der Waals surface area contributed by atoms with E-state index >= 15 is 0 Å². The van der Waals surface area contributed by atoms with Gasteiger partial charge in [-0.05, 0) is 56.0 Å². The number of carbonyl (C=O) groups is 2. The summed E-state index contributed by atoms with van der Waals surface area (Å²) in [5.41, 5.74) is 2.00. The summed E-state index contributed by atoms with van der Waals surface area (Å²) in [6.07, 6.45) is 1.72. The molecule has 198 valence electrons. The van der Waals surface area contributed by atoms with Crippen molar-refractivity contribution >= 4 is 33.5 Å². The van der Waals surface area contributed by atoms with E-state index in [2.05, 4.69) is 9.71 Å². The number of aliphatic carboxylic acids is 1. The second-order valence-electron chi connectivity index (χ2n) is 8.31. The Morgan fingerprint density at radius 2 is 1.53 bits per heavy atom. The van der Waals surface area contributed by atoms with Crippen LogP contribution in [0.25, 0.3) is 0 Å². The lowest BCUT2D eigenvalue weighted by Gasteiger charge is -2.27. The van der Waals surface area contributed by atoms with Crippen molar-refractivity contribution in [2.24, 2.45) is 0 Å². The van der Waals surface area contributed by atoms with Gasteiger partial charge in [-0.2, -0.15) is 13.2 Å². The Balaban J connectivity index is 0.000000572. The molecule has 0 radical (unpaired) electrons. The number of hydrogen-bond donors (Lipinski definition) is 3. The minimum absolute atomic E-state index is 0.00543. The molecular weight excluding hydrogens is 503 g/mol. The van der Waals surface area contributed by atoms with E-state index in [1.807, 2.05) is 18.7 Å². The molecule has 13 heteroatoms. The Morgan fingerprint density at radius 1 is 0.972 bits per heavy atom. The fourth-order valence-electron chi connectivity index (χ4n) is 3.48. The average molecular weight is 532 g/mol. The van der Waals surface area contributed by atoms with Crippen LogP contribution < -0.4 is 9.62 Å². The van der Waals surface area contributed by atoms with Gasteiger partial charge in [-0.25, -0.2) is 23.0 Å². The minimum Gasteiger partial charge on any atom is -0.478 e. The van der Waals surface area contributed by atoms with Gasteiger partial charge in [0.25, 0.3) is 10.0 Å². The van der Waals surface area contributed by atoms with Crippen molar-refractivity contribution in [3.05, 3.63) is 47.2 Å². The number of pyridine rings is 1. The highest BCUT2D eigenvalue weighted by Crippen LogP contribution is 2.26. The molecule has 0 atom stereocenters. The third kappa shape index (κ3) is 8.11. The monoisotopic (exact) mass is 531 g/mol. The van der Waals surface area contributed by atoms with Crippen LogP contribution in [-0.4, -0.2) is 54.8 Å². The molecule has 3 N–H and O–H groups in total. The highest BCUT2D eigenvalue weighted by atomic mass is 32.2. The summed E-state index contributed by atoms with van der Waals surface area (Å²) >= 11 is 0. The Kier molecular flexibility index (Phi) is 9.68. The van der Waals surface area contributed by atoms with Gasteiger partial charge in [0, 0.05) is 13.1 Å². The second kappa shape index (κ2) is 12.1. The maximum Gasteiger partial charge on any atom is 0.490 e. The first-order valence-electron chi connectivity index (χ1n) is 11.1. The van der Waals surface area contributed by atoms with Crippen molar-refractivity contribution in [3.63, 3.8) is 0 Å². The molecule has 1 aliphatic heterocycles. The van der Waals surface area contributed by atoms with Gasteiger partial charge in [-0.1, -0.05) is 25.3 Å². The Hall–Kier alpha value is -3.35. The zero-order valence-electron chi connectivity index (χ0n) is 19.8. The van der Waals surface area contributed by atoms with E-state index in [9.17, 15) is 31.5 Å². The standard InChI is InChI=1S/C21H27N3O4S.C2HF3O2/c1-15-8-9-18(12-16(15)2)29(27,28)23-17-13-19(21(25)26)20(22-14-17)24-10-6-4-3-5-7-11-24;3-2(4,5)1(6)7/h8-9,12-14,23H,3-7,10-11H2,1-2H3,(H,25,26);(H,6,7). The van der Waals surface area contributed by atoms with E-state index in [1.54, 1.807) is 12.1 Å². The summed E-state index contributed by atoms with van der Waals surface area (Å²) in [4.78, 5) is 27.2. The number of aryl methyl sites for hydroxylation is 2. The van der Waals surface area contributed by atoms with Crippen LogP contribution in [0.2, 0.25) is 0 Å². The number of carboxylic acids is 2. The normalized spacial score (nSPS) is 14.6. The number of carboxylic acid groups (broad SMARTS) is 2. The van der Waals surface area contributed by atoms with Gasteiger partial charge in [-0.3, -0.25) is 4.72 Å². The van der Waals surface area contributed by atoms with E-state index in [4.69, 9.17) is 9.90 Å². The highest BCUT2D eigenvalue weighted by Gasteiger charge is 2.38. The molecule has 9 nitrogen and oxygen atoms in total. The number of nitrogens with zero attached hydrogens (tertiary/aromatic N) is 2. The van der Waals surface area contributed by atoms with Crippen molar-refractivity contribution in [1.29, 1.82) is 0 Å². The van der Waals surface area contributed by atoms with Gasteiger partial charge in [0.2, 0.25) is 0 Å². The number of aromatic nitrogens is 1. The number of alkyl halides is 3. The van der Waals surface area contributed by atoms with E-state index in [0.29, 0.717) is 5.82 Å². The Labute approximate surface area is 207 Å². The van der Waals surface area contributed by atoms with Gasteiger partial charge in [0.15, 0.2) is 0 Å². The maximum absolute atomic E-state index is 12.7. The highest BCUT2D eigenvalue weighted by molar-refractivity contribution is 7.92. The van der Waals surface area contributed by atoms with Gasteiger partial charge in [-0.15, -0.1) is 0 Å². The van der Waals surface area contributed by atoms with E-state index < -0.39 is 28.1 Å². The first-order valence-corrected chi connectivity index (χ1v) is 12.6. The predicted octanol–water partition coefficient (Wildman–Crippen LogP) is 4.60. The number of sulfonamides is 1. The molecule has 2 heterocycles. The molecule has 3 rings (SSSR count). The number of halogens is 3. The Bertz CT molecular complexity index is 1190. The fraction of sp³-hybridized carbons (Fsp3) is 0.435. The van der Waals surface area contributed by atoms with Crippen molar-refractivity contribution in [2.75, 3.05) is 22.7 Å². The maximum atomic E-state index is 12.7. The van der Waals surface area contributed by atoms with Gasteiger partial charge in [0.1, 0.15) is 11.4 Å². The van der Waals surface area contributed by atoms with E-state index in [1.165, 1.54) is 24.8 Å². The number of nitrogens with one attached hydrogen (secondary N) is 1. The third-order valence-corrected chi connectivity index (χ3v) is 6.92. The number of benzene rings is 1. The summed E-state index contributed by atoms with van der Waals surface area (Å²) in [6, 6.07) is 6.22. The SMILES string of the molecule is Cc1ccc(S(=O)(=O)Nc2cnc(N3CCCCCCC3)c(C(=O)O)c2)cc1C.O=C(O)C(F)(F)F. The smallest absolute Gasteiger partial charge is 0.478 e. The van der Waals surface area contributed by atoms with Crippen LogP contribution in [0.4, 0.5) is 24.7 Å². The summed E-state index contributed by atoms with van der Waals surface area (Å²) in [7, 11) is -3.84. The average Bonchev–Trinajstić information content (AvgIpc) is 2.75. The topological polar surface area (TPSA) is 137 Å². The number of aromatic carboxylic acids is 1. The molecular formula is C23H28F3N3O6S. The second-order valence-corrected chi connectivity index (χ2v) is 9.99. The lowest BCUT2D eigenvalue weighted by atomic mass is 10.1. The van der Waals surface area contributed by atoms with Crippen molar-refractivity contribution < 1.29 is 41.4 Å². The molecule has 0 amide bonds. The molecule has 0 aliphatic carbocycles. The van der Waals surface area contributed by atoms with Crippen LogP contribution in [0.15, 0.2) is 35.4 Å². The van der Waals surface area contributed by atoms with Crippen LogP contribution in [-0.2, 0) is 14.8 Å². The molecule has 1 aromatic heterocycles. The lowest BCUT2D eigenvalue weighted by Crippen LogP contribution is -2.29. The molecule has 1 aliphatic rings. The first-order chi connectivity index (χ1) is 16.7. The van der Waals surface area contributed by atoms with Gasteiger partial charge >= 0.3 is 18.1 Å². The molecule has 1 fully saturated rings. The van der Waals surface area contributed by atoms with Crippen molar-refractivity contribution in [1.82, 2.24) is 4.98 Å².